The van der Waals surface area contributed by atoms with Crippen molar-refractivity contribution in [3.8, 4) is 5.75 Å². The molecule has 0 amide bonds. The largest absolute Gasteiger partial charge is 0.496 e. The van der Waals surface area contributed by atoms with E-state index in [0.29, 0.717) is 19.5 Å². The first-order chi connectivity index (χ1) is 8.46. The molecule has 0 aliphatic carbocycles. The van der Waals surface area contributed by atoms with Crippen LogP contribution in [0, 0.1) is 19.8 Å². The molecule has 1 saturated heterocycles. The summed E-state index contributed by atoms with van der Waals surface area (Å²) in [5.41, 5.74) is 1.86. The molecule has 1 N–H and O–H groups in total. The van der Waals surface area contributed by atoms with Gasteiger partial charge in [0.1, 0.15) is 5.75 Å². The van der Waals surface area contributed by atoms with Gasteiger partial charge in [-0.15, -0.1) is 0 Å². The van der Waals surface area contributed by atoms with Crippen molar-refractivity contribution in [3.05, 3.63) is 28.8 Å². The van der Waals surface area contributed by atoms with E-state index in [0.717, 1.165) is 11.1 Å². The number of nitrogens with one attached hydrogen (secondary N) is 1. The number of hydrogen-bond acceptors (Lipinski definition) is 2. The van der Waals surface area contributed by atoms with E-state index in [9.17, 15) is 8.78 Å². The summed E-state index contributed by atoms with van der Waals surface area (Å²) in [6.45, 7) is 4.77. The van der Waals surface area contributed by atoms with Crippen LogP contribution in [0.25, 0.3) is 0 Å². The van der Waals surface area contributed by atoms with Crippen molar-refractivity contribution in [1.29, 1.82) is 0 Å². The lowest BCUT2D eigenvalue weighted by Gasteiger charge is -2.25. The van der Waals surface area contributed by atoms with E-state index >= 15 is 0 Å². The maximum absolute atomic E-state index is 14.5. The second-order valence-electron chi connectivity index (χ2n) is 4.95. The molecule has 100 valence electrons. The predicted molar refractivity (Wildman–Crippen MR) is 67.3 cm³/mol. The van der Waals surface area contributed by atoms with E-state index in [-0.39, 0.29) is 11.3 Å². The number of methoxy groups -OCH3 is 1. The third-order valence-electron chi connectivity index (χ3n) is 3.75. The van der Waals surface area contributed by atoms with Crippen LogP contribution >= 0.6 is 0 Å². The topological polar surface area (TPSA) is 21.3 Å². The maximum Gasteiger partial charge on any atom is 0.280 e. The van der Waals surface area contributed by atoms with Gasteiger partial charge in [-0.3, -0.25) is 0 Å². The normalized spacial score (nSPS) is 20.2. The molecule has 1 heterocycles. The second kappa shape index (κ2) is 4.84. The molecule has 1 aliphatic rings. The van der Waals surface area contributed by atoms with Crippen LogP contribution in [0.2, 0.25) is 0 Å². The van der Waals surface area contributed by atoms with E-state index in [4.69, 9.17) is 4.74 Å². The fourth-order valence-corrected chi connectivity index (χ4v) is 2.40. The molecule has 2 nitrogen and oxygen atoms in total. The van der Waals surface area contributed by atoms with Crippen LogP contribution in [0.4, 0.5) is 8.78 Å². The van der Waals surface area contributed by atoms with E-state index in [1.54, 1.807) is 12.1 Å². The third kappa shape index (κ3) is 2.21. The minimum atomic E-state index is -2.84. The van der Waals surface area contributed by atoms with Gasteiger partial charge in [0.2, 0.25) is 0 Å². The van der Waals surface area contributed by atoms with Gasteiger partial charge in [-0.1, -0.05) is 0 Å². The molecular formula is C14H19F2NO. The highest BCUT2D eigenvalue weighted by Gasteiger charge is 2.44. The number of hydrogen-bond donors (Lipinski definition) is 1. The van der Waals surface area contributed by atoms with Crippen LogP contribution in [-0.2, 0) is 5.92 Å². The van der Waals surface area contributed by atoms with Crippen LogP contribution in [0.3, 0.4) is 0 Å². The Balaban J connectivity index is 2.44. The Kier molecular flexibility index (Phi) is 3.57. The highest BCUT2D eigenvalue weighted by molar-refractivity contribution is 5.44. The fraction of sp³-hybridized carbons (Fsp3) is 0.571. The van der Waals surface area contributed by atoms with E-state index < -0.39 is 11.8 Å². The van der Waals surface area contributed by atoms with Crippen molar-refractivity contribution in [3.63, 3.8) is 0 Å². The van der Waals surface area contributed by atoms with Gasteiger partial charge in [0.05, 0.1) is 12.7 Å². The molecule has 1 unspecified atom stereocenters. The van der Waals surface area contributed by atoms with Gasteiger partial charge >= 0.3 is 0 Å². The zero-order valence-electron chi connectivity index (χ0n) is 11.0. The maximum atomic E-state index is 14.5. The van der Waals surface area contributed by atoms with Crippen molar-refractivity contribution < 1.29 is 13.5 Å². The lowest BCUT2D eigenvalue weighted by molar-refractivity contribution is -0.0592. The Morgan fingerprint density at radius 1 is 1.28 bits per heavy atom. The summed E-state index contributed by atoms with van der Waals surface area (Å²) < 4.78 is 34.1. The summed E-state index contributed by atoms with van der Waals surface area (Å²) in [7, 11) is 1.44. The van der Waals surface area contributed by atoms with Crippen molar-refractivity contribution in [2.75, 3.05) is 20.2 Å². The standard InChI is InChI=1S/C14H19F2NO/c1-9-6-12(13(18-3)7-10(9)2)14(15,16)11-4-5-17-8-11/h6-7,11,17H,4-5,8H2,1-3H3. The minimum absolute atomic E-state index is 0.0156. The Hall–Kier alpha value is -1.16. The molecule has 0 aromatic heterocycles. The summed E-state index contributed by atoms with van der Waals surface area (Å²) in [5, 5.41) is 2.99. The molecule has 0 bridgehead atoms. The highest BCUT2D eigenvalue weighted by Crippen LogP contribution is 2.43. The van der Waals surface area contributed by atoms with Crippen LogP contribution in [0.15, 0.2) is 12.1 Å². The first-order valence-electron chi connectivity index (χ1n) is 6.21. The smallest absolute Gasteiger partial charge is 0.280 e. The highest BCUT2D eigenvalue weighted by atomic mass is 19.3. The molecule has 1 aromatic rings. The number of aryl methyl sites for hydroxylation is 2. The number of halogens is 2. The average molecular weight is 255 g/mol. The molecule has 2 rings (SSSR count). The van der Waals surface area contributed by atoms with E-state index in [1.165, 1.54) is 7.11 Å². The molecule has 0 radical (unpaired) electrons. The summed E-state index contributed by atoms with van der Waals surface area (Å²) in [5.74, 6) is -3.20. The summed E-state index contributed by atoms with van der Waals surface area (Å²) in [6.07, 6.45) is 0.503. The number of ether oxygens (including phenoxy) is 1. The van der Waals surface area contributed by atoms with E-state index in [2.05, 4.69) is 5.32 Å². The molecular weight excluding hydrogens is 236 g/mol. The Morgan fingerprint density at radius 3 is 2.50 bits per heavy atom. The SMILES string of the molecule is COc1cc(C)c(C)cc1C(F)(F)C1CCNC1. The average Bonchev–Trinajstić information content (AvgIpc) is 2.86. The van der Waals surface area contributed by atoms with E-state index in [1.807, 2.05) is 13.8 Å². The summed E-state index contributed by atoms with van der Waals surface area (Å²) in [4.78, 5) is 0. The van der Waals surface area contributed by atoms with Gasteiger partial charge in [0, 0.05) is 12.5 Å². The van der Waals surface area contributed by atoms with Gasteiger partial charge in [0.15, 0.2) is 0 Å². The lowest BCUT2D eigenvalue weighted by atomic mass is 9.91. The number of alkyl halides is 2. The molecule has 1 aromatic carbocycles. The van der Waals surface area contributed by atoms with Gasteiger partial charge in [0.25, 0.3) is 5.92 Å². The minimum Gasteiger partial charge on any atom is -0.496 e. The quantitative estimate of drug-likeness (QED) is 0.896. The molecule has 18 heavy (non-hydrogen) atoms. The van der Waals surface area contributed by atoms with Gasteiger partial charge < -0.3 is 10.1 Å². The molecule has 0 spiro atoms. The molecule has 1 fully saturated rings. The fourth-order valence-electron chi connectivity index (χ4n) is 2.40. The monoisotopic (exact) mass is 255 g/mol. The molecule has 1 atom stereocenters. The molecule has 1 aliphatic heterocycles. The third-order valence-corrected chi connectivity index (χ3v) is 3.75. The van der Waals surface area contributed by atoms with Gasteiger partial charge in [-0.25, -0.2) is 8.78 Å². The van der Waals surface area contributed by atoms with Gasteiger partial charge in [-0.2, -0.15) is 0 Å². The summed E-state index contributed by atoms with van der Waals surface area (Å²) >= 11 is 0. The van der Waals surface area contributed by atoms with Crippen LogP contribution < -0.4 is 10.1 Å². The van der Waals surface area contributed by atoms with Crippen molar-refractivity contribution in [2.45, 2.75) is 26.2 Å². The zero-order valence-corrected chi connectivity index (χ0v) is 11.0. The predicted octanol–water partition coefficient (Wildman–Crippen LogP) is 3.01. The Bertz CT molecular complexity index is 440. The first kappa shape index (κ1) is 13.3. The zero-order chi connectivity index (χ0) is 13.3. The lowest BCUT2D eigenvalue weighted by Crippen LogP contribution is -2.28. The molecule has 4 heteroatoms. The van der Waals surface area contributed by atoms with Crippen LogP contribution in [0.5, 0.6) is 5.75 Å². The first-order valence-corrected chi connectivity index (χ1v) is 6.21. The number of rotatable bonds is 3. The summed E-state index contributed by atoms with van der Waals surface area (Å²) in [6, 6.07) is 3.26. The van der Waals surface area contributed by atoms with Crippen molar-refractivity contribution >= 4 is 0 Å². The Labute approximate surface area is 106 Å². The van der Waals surface area contributed by atoms with Crippen LogP contribution in [-0.4, -0.2) is 20.2 Å². The van der Waals surface area contributed by atoms with Gasteiger partial charge in [-0.05, 0) is 50.1 Å². The van der Waals surface area contributed by atoms with Crippen molar-refractivity contribution in [1.82, 2.24) is 5.32 Å². The van der Waals surface area contributed by atoms with Crippen molar-refractivity contribution in [2.24, 2.45) is 5.92 Å². The molecule has 0 saturated carbocycles. The Morgan fingerprint density at radius 2 is 1.94 bits per heavy atom. The second-order valence-corrected chi connectivity index (χ2v) is 4.95. The number of benzene rings is 1. The van der Waals surface area contributed by atoms with Crippen LogP contribution in [0.1, 0.15) is 23.1 Å².